The van der Waals surface area contributed by atoms with E-state index in [1.54, 1.807) is 30.3 Å². The summed E-state index contributed by atoms with van der Waals surface area (Å²) in [4.78, 5) is 10.5. The van der Waals surface area contributed by atoms with Gasteiger partial charge in [-0.25, -0.2) is 0 Å². The van der Waals surface area contributed by atoms with Crippen molar-refractivity contribution in [2.75, 3.05) is 5.32 Å². The first-order valence-electron chi connectivity index (χ1n) is 3.34. The number of carbonyl (C=O) groups excluding carboxylic acids is 1. The summed E-state index contributed by atoms with van der Waals surface area (Å²) in [6.45, 7) is 0. The fourth-order valence-corrected chi connectivity index (χ4v) is 0.718. The normalized spacial score (nSPS) is 9.92. The third-order valence-corrected chi connectivity index (χ3v) is 1.24. The molecule has 0 heterocycles. The number of carbonyl (C=O) groups is 1. The fourth-order valence-electron chi connectivity index (χ4n) is 0.718. The lowest BCUT2D eigenvalue weighted by Gasteiger charge is -2.02. The predicted octanol–water partition coefficient (Wildman–Crippen LogP) is 1.89. The predicted molar refractivity (Wildman–Crippen MR) is 41.1 cm³/mol. The van der Waals surface area contributed by atoms with Gasteiger partial charge in [0.05, 0.1) is 0 Å². The zero-order valence-electron chi connectivity index (χ0n) is 6.13. The van der Waals surface area contributed by atoms with Crippen LogP contribution in [0.4, 0.5) is 14.5 Å². The molecule has 1 aromatic carbocycles. The topological polar surface area (TPSA) is 29.1 Å². The van der Waals surface area contributed by atoms with Gasteiger partial charge in [0.1, 0.15) is 0 Å². The van der Waals surface area contributed by atoms with Crippen molar-refractivity contribution in [1.29, 1.82) is 0 Å². The van der Waals surface area contributed by atoms with Crippen molar-refractivity contribution < 1.29 is 13.6 Å². The van der Waals surface area contributed by atoms with E-state index >= 15 is 0 Å². The van der Waals surface area contributed by atoms with Gasteiger partial charge in [-0.05, 0) is 12.1 Å². The molecule has 12 heavy (non-hydrogen) atoms. The van der Waals surface area contributed by atoms with E-state index in [0.717, 1.165) is 0 Å². The molecule has 0 radical (unpaired) electrons. The number of para-hydroxylation sites is 1. The smallest absolute Gasteiger partial charge is 0.315 e. The van der Waals surface area contributed by atoms with E-state index in [0.29, 0.717) is 5.69 Å². The second-order valence-corrected chi connectivity index (χ2v) is 2.16. The summed E-state index contributed by atoms with van der Waals surface area (Å²) in [6.07, 6.45) is -2.97. The maximum atomic E-state index is 11.7. The van der Waals surface area contributed by atoms with Gasteiger partial charge < -0.3 is 5.32 Å². The summed E-state index contributed by atoms with van der Waals surface area (Å²) < 4.78 is 23.4. The van der Waals surface area contributed by atoms with Crippen LogP contribution >= 0.6 is 0 Å². The van der Waals surface area contributed by atoms with Crippen molar-refractivity contribution in [3.63, 3.8) is 0 Å². The van der Waals surface area contributed by atoms with Crippen LogP contribution in [0.3, 0.4) is 0 Å². The monoisotopic (exact) mass is 171 g/mol. The molecule has 64 valence electrons. The Kier molecular flexibility index (Phi) is 2.74. The molecule has 0 fully saturated rings. The number of hydrogen-bond acceptors (Lipinski definition) is 1. The highest BCUT2D eigenvalue weighted by atomic mass is 19.3. The molecule has 1 amide bonds. The van der Waals surface area contributed by atoms with E-state index in [9.17, 15) is 13.6 Å². The molecule has 1 N–H and O–H groups in total. The number of hydrogen-bond donors (Lipinski definition) is 1. The average molecular weight is 171 g/mol. The van der Waals surface area contributed by atoms with Gasteiger partial charge in [0.25, 0.3) is 5.91 Å². The third-order valence-electron chi connectivity index (χ3n) is 1.24. The average Bonchev–Trinajstić information content (AvgIpc) is 2.06. The van der Waals surface area contributed by atoms with Gasteiger partial charge in [-0.2, -0.15) is 8.78 Å². The van der Waals surface area contributed by atoms with Crippen LogP contribution in [-0.2, 0) is 4.79 Å². The highest BCUT2D eigenvalue weighted by molar-refractivity contribution is 5.92. The molecule has 1 rings (SSSR count). The molecular weight excluding hydrogens is 164 g/mol. The van der Waals surface area contributed by atoms with Crippen LogP contribution in [-0.4, -0.2) is 12.3 Å². The Morgan fingerprint density at radius 2 is 1.83 bits per heavy atom. The van der Waals surface area contributed by atoms with Gasteiger partial charge in [-0.3, -0.25) is 4.79 Å². The molecule has 4 heteroatoms. The minimum Gasteiger partial charge on any atom is -0.321 e. The van der Waals surface area contributed by atoms with Crippen LogP contribution in [0, 0.1) is 0 Å². The summed E-state index contributed by atoms with van der Waals surface area (Å²) in [5.41, 5.74) is 0.378. The summed E-state index contributed by atoms with van der Waals surface area (Å²) >= 11 is 0. The highest BCUT2D eigenvalue weighted by Gasteiger charge is 2.14. The van der Waals surface area contributed by atoms with Gasteiger partial charge in [-0.1, -0.05) is 18.2 Å². The van der Waals surface area contributed by atoms with Crippen molar-refractivity contribution in [2.24, 2.45) is 0 Å². The number of amides is 1. The zero-order chi connectivity index (χ0) is 8.97. The molecule has 0 aliphatic carbocycles. The van der Waals surface area contributed by atoms with E-state index in [1.165, 1.54) is 0 Å². The second kappa shape index (κ2) is 3.80. The standard InChI is InChI=1S/C8H7F2NO/c9-7(10)8(12)11-6-4-2-1-3-5-6/h1-5,7H,(H,11,12). The molecule has 0 unspecified atom stereocenters. The number of nitrogens with one attached hydrogen (secondary N) is 1. The van der Waals surface area contributed by atoms with E-state index < -0.39 is 12.3 Å². The van der Waals surface area contributed by atoms with Crippen LogP contribution in [0.15, 0.2) is 30.3 Å². The number of alkyl halides is 2. The van der Waals surface area contributed by atoms with Gasteiger partial charge in [0.15, 0.2) is 0 Å². The summed E-state index contributed by atoms with van der Waals surface area (Å²) in [7, 11) is 0. The van der Waals surface area contributed by atoms with Crippen molar-refractivity contribution >= 4 is 11.6 Å². The lowest BCUT2D eigenvalue weighted by Crippen LogP contribution is -2.19. The molecule has 0 aliphatic heterocycles. The van der Waals surface area contributed by atoms with Gasteiger partial charge in [0, 0.05) is 5.69 Å². The summed E-state index contributed by atoms with van der Waals surface area (Å²) in [5, 5.41) is 2.05. The largest absolute Gasteiger partial charge is 0.321 e. The van der Waals surface area contributed by atoms with Crippen molar-refractivity contribution in [2.45, 2.75) is 6.43 Å². The SMILES string of the molecule is O=C(Nc1ccccc1)C(F)F. The zero-order valence-corrected chi connectivity index (χ0v) is 6.13. The number of rotatable bonds is 2. The van der Waals surface area contributed by atoms with Crippen LogP contribution in [0.2, 0.25) is 0 Å². The Morgan fingerprint density at radius 1 is 1.25 bits per heavy atom. The minimum atomic E-state index is -2.97. The Bertz CT molecular complexity index is 261. The Morgan fingerprint density at radius 3 is 2.33 bits per heavy atom. The Labute approximate surface area is 68.2 Å². The maximum Gasteiger partial charge on any atom is 0.315 e. The molecule has 0 atom stereocenters. The molecule has 0 aliphatic rings. The first-order valence-corrected chi connectivity index (χ1v) is 3.34. The first-order chi connectivity index (χ1) is 5.70. The summed E-state index contributed by atoms with van der Waals surface area (Å²) in [6, 6.07) is 8.13. The molecule has 0 bridgehead atoms. The molecule has 0 aromatic heterocycles. The quantitative estimate of drug-likeness (QED) is 0.723. The van der Waals surface area contributed by atoms with Crippen LogP contribution in [0.25, 0.3) is 0 Å². The van der Waals surface area contributed by atoms with E-state index in [4.69, 9.17) is 0 Å². The maximum absolute atomic E-state index is 11.7. The second-order valence-electron chi connectivity index (χ2n) is 2.16. The fraction of sp³-hybridized carbons (Fsp3) is 0.125. The first kappa shape index (κ1) is 8.64. The van der Waals surface area contributed by atoms with Crippen molar-refractivity contribution in [3.05, 3.63) is 30.3 Å². The lowest BCUT2D eigenvalue weighted by molar-refractivity contribution is -0.126. The van der Waals surface area contributed by atoms with E-state index in [1.807, 2.05) is 0 Å². The lowest BCUT2D eigenvalue weighted by atomic mass is 10.3. The Balaban J connectivity index is 2.59. The summed E-state index contributed by atoms with van der Waals surface area (Å²) in [5.74, 6) is -1.28. The number of anilines is 1. The van der Waals surface area contributed by atoms with Gasteiger partial charge in [-0.15, -0.1) is 0 Å². The molecular formula is C8H7F2NO. The van der Waals surface area contributed by atoms with Crippen LogP contribution < -0.4 is 5.32 Å². The van der Waals surface area contributed by atoms with E-state index in [2.05, 4.69) is 5.32 Å². The number of benzene rings is 1. The van der Waals surface area contributed by atoms with Crippen molar-refractivity contribution in [1.82, 2.24) is 0 Å². The van der Waals surface area contributed by atoms with Gasteiger partial charge in [0.2, 0.25) is 0 Å². The number of halogens is 2. The third kappa shape index (κ3) is 2.30. The molecule has 2 nitrogen and oxygen atoms in total. The highest BCUT2D eigenvalue weighted by Crippen LogP contribution is 2.06. The Hall–Kier alpha value is -1.45. The molecule has 0 spiro atoms. The molecule has 0 saturated carbocycles. The van der Waals surface area contributed by atoms with Gasteiger partial charge >= 0.3 is 6.43 Å². The molecule has 1 aromatic rings. The van der Waals surface area contributed by atoms with E-state index in [-0.39, 0.29) is 0 Å². The van der Waals surface area contributed by atoms with Crippen molar-refractivity contribution in [3.8, 4) is 0 Å². The van der Waals surface area contributed by atoms with Crippen LogP contribution in [0.5, 0.6) is 0 Å². The molecule has 0 saturated heterocycles. The van der Waals surface area contributed by atoms with Crippen LogP contribution in [0.1, 0.15) is 0 Å². The minimum absolute atomic E-state index is 0.378.